The first-order chi connectivity index (χ1) is 8.29. The number of imidazole rings is 1. The van der Waals surface area contributed by atoms with Gasteiger partial charge in [-0.2, -0.15) is 0 Å². The molecule has 0 bridgehead atoms. The van der Waals surface area contributed by atoms with Crippen LogP contribution in [0.3, 0.4) is 0 Å². The number of anilines is 1. The molecule has 1 fully saturated rings. The van der Waals surface area contributed by atoms with Gasteiger partial charge in [0, 0.05) is 13.2 Å². The van der Waals surface area contributed by atoms with E-state index >= 15 is 0 Å². The van der Waals surface area contributed by atoms with Crippen LogP contribution in [0.2, 0.25) is 0 Å². The fourth-order valence-electron chi connectivity index (χ4n) is 2.34. The molecule has 6 nitrogen and oxygen atoms in total. The van der Waals surface area contributed by atoms with Crippen molar-refractivity contribution in [3.05, 3.63) is 12.7 Å². The van der Waals surface area contributed by atoms with Gasteiger partial charge in [0.05, 0.1) is 6.33 Å². The highest BCUT2D eigenvalue weighted by Gasteiger charge is 2.36. The molecule has 3 N–H and O–H groups in total. The van der Waals surface area contributed by atoms with Crippen molar-refractivity contribution in [2.24, 2.45) is 11.8 Å². The summed E-state index contributed by atoms with van der Waals surface area (Å²) in [6, 6.07) is 0. The van der Waals surface area contributed by atoms with E-state index in [1.165, 1.54) is 12.7 Å². The van der Waals surface area contributed by atoms with Crippen molar-refractivity contribution < 1.29 is 5.11 Å². The van der Waals surface area contributed by atoms with E-state index in [9.17, 15) is 0 Å². The van der Waals surface area contributed by atoms with E-state index in [2.05, 4.69) is 15.0 Å². The minimum atomic E-state index is 0.279. The minimum Gasteiger partial charge on any atom is -0.396 e. The van der Waals surface area contributed by atoms with E-state index in [4.69, 9.17) is 10.8 Å². The van der Waals surface area contributed by atoms with Gasteiger partial charge in [0.15, 0.2) is 11.5 Å². The molecular weight excluding hydrogens is 218 g/mol. The quantitative estimate of drug-likeness (QED) is 0.799. The molecule has 1 saturated carbocycles. The minimum absolute atomic E-state index is 0.279. The number of aromatic nitrogens is 4. The van der Waals surface area contributed by atoms with Crippen LogP contribution in [-0.2, 0) is 6.54 Å². The average Bonchev–Trinajstić information content (AvgIpc) is 2.89. The van der Waals surface area contributed by atoms with Gasteiger partial charge in [-0.3, -0.25) is 0 Å². The summed E-state index contributed by atoms with van der Waals surface area (Å²) in [6.45, 7) is 1.18. The number of fused-ring (bicyclic) bond motifs is 1. The Morgan fingerprint density at radius 3 is 3.06 bits per heavy atom. The fraction of sp³-hybridized carbons (Fsp3) is 0.545. The first kappa shape index (κ1) is 10.5. The van der Waals surface area contributed by atoms with Gasteiger partial charge in [-0.25, -0.2) is 15.0 Å². The Hall–Kier alpha value is -1.69. The highest BCUT2D eigenvalue weighted by atomic mass is 16.3. The molecule has 0 aromatic carbocycles. The van der Waals surface area contributed by atoms with Crippen molar-refractivity contribution in [3.8, 4) is 0 Å². The predicted molar refractivity (Wildman–Crippen MR) is 63.0 cm³/mol. The van der Waals surface area contributed by atoms with E-state index in [1.54, 1.807) is 6.33 Å². The van der Waals surface area contributed by atoms with E-state index in [-0.39, 0.29) is 6.61 Å². The summed E-state index contributed by atoms with van der Waals surface area (Å²) in [6.07, 6.45) is 5.31. The number of nitrogens with zero attached hydrogens (tertiary/aromatic N) is 4. The topological polar surface area (TPSA) is 89.9 Å². The molecule has 2 aromatic heterocycles. The molecule has 0 aliphatic heterocycles. The smallest absolute Gasteiger partial charge is 0.165 e. The molecule has 0 saturated heterocycles. The second kappa shape index (κ2) is 3.96. The van der Waals surface area contributed by atoms with Crippen LogP contribution >= 0.6 is 0 Å². The fourth-order valence-corrected chi connectivity index (χ4v) is 2.34. The number of aliphatic hydroxyl groups excluding tert-OH is 1. The third kappa shape index (κ3) is 1.84. The van der Waals surface area contributed by atoms with Gasteiger partial charge in [0.1, 0.15) is 11.8 Å². The van der Waals surface area contributed by atoms with Crippen molar-refractivity contribution in [2.75, 3.05) is 12.3 Å². The van der Waals surface area contributed by atoms with Crippen LogP contribution in [-0.4, -0.2) is 31.2 Å². The molecular formula is C11H15N5O. The SMILES string of the molecule is Nc1ncnc2c1ncn2C[C@H]1C[C@H]1CCO. The van der Waals surface area contributed by atoms with Gasteiger partial charge in [-0.05, 0) is 24.7 Å². The summed E-state index contributed by atoms with van der Waals surface area (Å²) in [5.74, 6) is 1.71. The second-order valence-corrected chi connectivity index (χ2v) is 4.60. The maximum absolute atomic E-state index is 8.87. The molecule has 3 rings (SSSR count). The van der Waals surface area contributed by atoms with E-state index < -0.39 is 0 Å². The maximum Gasteiger partial charge on any atom is 0.165 e. The Labute approximate surface area is 98.5 Å². The summed E-state index contributed by atoms with van der Waals surface area (Å²) in [5, 5.41) is 8.87. The summed E-state index contributed by atoms with van der Waals surface area (Å²) < 4.78 is 2.02. The number of nitrogens with two attached hydrogens (primary N) is 1. The predicted octanol–water partition coefficient (Wildman–Crippen LogP) is 0.427. The zero-order chi connectivity index (χ0) is 11.8. The van der Waals surface area contributed by atoms with Crippen molar-refractivity contribution in [3.63, 3.8) is 0 Å². The van der Waals surface area contributed by atoms with Crippen LogP contribution in [0.15, 0.2) is 12.7 Å². The number of aliphatic hydroxyl groups is 1. The number of nitrogen functional groups attached to an aromatic ring is 1. The molecule has 0 spiro atoms. The molecule has 17 heavy (non-hydrogen) atoms. The van der Waals surface area contributed by atoms with Crippen LogP contribution in [0.5, 0.6) is 0 Å². The van der Waals surface area contributed by atoms with Crippen molar-refractivity contribution in [1.82, 2.24) is 19.5 Å². The van der Waals surface area contributed by atoms with Gasteiger partial charge in [-0.15, -0.1) is 0 Å². The molecule has 0 unspecified atom stereocenters. The molecule has 2 atom stereocenters. The van der Waals surface area contributed by atoms with Crippen molar-refractivity contribution >= 4 is 17.0 Å². The normalized spacial score (nSPS) is 23.1. The number of rotatable bonds is 4. The summed E-state index contributed by atoms with van der Waals surface area (Å²) in [7, 11) is 0. The zero-order valence-corrected chi connectivity index (χ0v) is 9.45. The van der Waals surface area contributed by atoms with Gasteiger partial charge >= 0.3 is 0 Å². The molecule has 2 heterocycles. The van der Waals surface area contributed by atoms with Gasteiger partial charge < -0.3 is 15.4 Å². The highest BCUT2D eigenvalue weighted by molar-refractivity contribution is 5.81. The Balaban J connectivity index is 1.80. The van der Waals surface area contributed by atoms with Crippen LogP contribution in [0, 0.1) is 11.8 Å². The van der Waals surface area contributed by atoms with Crippen LogP contribution in [0.25, 0.3) is 11.2 Å². The van der Waals surface area contributed by atoms with Crippen molar-refractivity contribution in [2.45, 2.75) is 19.4 Å². The lowest BCUT2D eigenvalue weighted by Gasteiger charge is -2.02. The lowest BCUT2D eigenvalue weighted by Crippen LogP contribution is -2.02. The standard InChI is InChI=1S/C11H15N5O/c12-10-9-11(14-5-13-10)16(6-15-9)4-8-3-7(8)1-2-17/h5-8,17H,1-4H2,(H2,12,13,14)/t7-,8-/m1/s1. The first-order valence-electron chi connectivity index (χ1n) is 5.81. The van der Waals surface area contributed by atoms with Gasteiger partial charge in [-0.1, -0.05) is 0 Å². The van der Waals surface area contributed by atoms with E-state index in [0.717, 1.165) is 18.6 Å². The summed E-state index contributed by atoms with van der Waals surface area (Å²) >= 11 is 0. The van der Waals surface area contributed by atoms with Crippen LogP contribution in [0.1, 0.15) is 12.8 Å². The van der Waals surface area contributed by atoms with Crippen molar-refractivity contribution in [1.29, 1.82) is 0 Å². The monoisotopic (exact) mass is 233 g/mol. The van der Waals surface area contributed by atoms with Crippen LogP contribution in [0.4, 0.5) is 5.82 Å². The Kier molecular flexibility index (Phi) is 2.44. The number of hydrogen-bond donors (Lipinski definition) is 2. The van der Waals surface area contributed by atoms with Gasteiger partial charge in [0.25, 0.3) is 0 Å². The van der Waals surface area contributed by atoms with E-state index in [1.807, 2.05) is 4.57 Å². The maximum atomic E-state index is 8.87. The average molecular weight is 233 g/mol. The van der Waals surface area contributed by atoms with Crippen LogP contribution < -0.4 is 5.73 Å². The molecule has 1 aliphatic carbocycles. The van der Waals surface area contributed by atoms with Gasteiger partial charge in [0.2, 0.25) is 0 Å². The zero-order valence-electron chi connectivity index (χ0n) is 9.45. The Morgan fingerprint density at radius 1 is 1.35 bits per heavy atom. The van der Waals surface area contributed by atoms with E-state index in [0.29, 0.717) is 23.2 Å². The molecule has 2 aromatic rings. The molecule has 90 valence electrons. The second-order valence-electron chi connectivity index (χ2n) is 4.60. The first-order valence-corrected chi connectivity index (χ1v) is 5.81. The summed E-state index contributed by atoms with van der Waals surface area (Å²) in [5.41, 5.74) is 7.20. The molecule has 6 heteroatoms. The molecule has 1 aliphatic rings. The lowest BCUT2D eigenvalue weighted by atomic mass is 10.2. The number of hydrogen-bond acceptors (Lipinski definition) is 5. The summed E-state index contributed by atoms with van der Waals surface area (Å²) in [4.78, 5) is 12.4. The molecule has 0 amide bonds. The Morgan fingerprint density at radius 2 is 2.24 bits per heavy atom. The Bertz CT molecular complexity index is 538. The largest absolute Gasteiger partial charge is 0.396 e. The molecule has 0 radical (unpaired) electrons. The lowest BCUT2D eigenvalue weighted by molar-refractivity contribution is 0.276. The third-order valence-electron chi connectivity index (χ3n) is 3.43. The third-order valence-corrected chi connectivity index (χ3v) is 3.43. The highest BCUT2D eigenvalue weighted by Crippen LogP contribution is 2.42.